The topological polar surface area (TPSA) is 65.7 Å². The number of fused-ring (bicyclic) bond motifs is 1. The third kappa shape index (κ3) is 2.01. The van der Waals surface area contributed by atoms with E-state index in [1.807, 2.05) is 0 Å². The second-order valence-corrected chi connectivity index (χ2v) is 6.66. The van der Waals surface area contributed by atoms with Crippen molar-refractivity contribution in [2.24, 2.45) is 0 Å². The van der Waals surface area contributed by atoms with E-state index in [0.29, 0.717) is 11.0 Å². The molecule has 0 unspecified atom stereocenters. The predicted octanol–water partition coefficient (Wildman–Crippen LogP) is 2.95. The van der Waals surface area contributed by atoms with Gasteiger partial charge in [-0.25, -0.2) is 0 Å². The van der Waals surface area contributed by atoms with Gasteiger partial charge in [0.15, 0.2) is 0 Å². The van der Waals surface area contributed by atoms with Crippen LogP contribution in [-0.4, -0.2) is 9.97 Å². The van der Waals surface area contributed by atoms with Gasteiger partial charge in [-0.2, -0.15) is 0 Å². The molecular formula is C8H2Br2I2N2O2. The van der Waals surface area contributed by atoms with Crippen molar-refractivity contribution in [2.45, 2.75) is 0 Å². The molecule has 0 bridgehead atoms. The number of benzene rings is 1. The largest absolute Gasteiger partial charge is 0.315 e. The lowest BCUT2D eigenvalue weighted by molar-refractivity contribution is 1.13. The van der Waals surface area contributed by atoms with E-state index in [1.165, 1.54) is 0 Å². The van der Waals surface area contributed by atoms with Crippen molar-refractivity contribution in [1.82, 2.24) is 9.97 Å². The van der Waals surface area contributed by atoms with E-state index in [-0.39, 0.29) is 0 Å². The second kappa shape index (κ2) is 4.69. The molecule has 2 N–H and O–H groups in total. The molecule has 16 heavy (non-hydrogen) atoms. The van der Waals surface area contributed by atoms with Crippen LogP contribution in [0.4, 0.5) is 0 Å². The molecule has 0 aliphatic heterocycles. The summed E-state index contributed by atoms with van der Waals surface area (Å²) in [6.07, 6.45) is 0. The lowest BCUT2D eigenvalue weighted by Crippen LogP contribution is -2.29. The second-order valence-electron chi connectivity index (χ2n) is 2.91. The van der Waals surface area contributed by atoms with E-state index >= 15 is 0 Å². The number of aromatic amines is 2. The highest BCUT2D eigenvalue weighted by Gasteiger charge is 2.15. The number of H-pyrrole nitrogens is 2. The van der Waals surface area contributed by atoms with Crippen molar-refractivity contribution in [2.75, 3.05) is 0 Å². The van der Waals surface area contributed by atoms with Crippen LogP contribution in [0.3, 0.4) is 0 Å². The molecule has 0 fully saturated rings. The van der Waals surface area contributed by atoms with Crippen LogP contribution in [0.1, 0.15) is 0 Å². The summed E-state index contributed by atoms with van der Waals surface area (Å²) >= 11 is 11.0. The Balaban J connectivity index is 3.15. The highest BCUT2D eigenvalue weighted by atomic mass is 127. The first kappa shape index (κ1) is 13.0. The molecule has 0 amide bonds. The molecule has 8 heteroatoms. The van der Waals surface area contributed by atoms with Gasteiger partial charge in [0.25, 0.3) is 0 Å². The van der Waals surface area contributed by atoms with Crippen LogP contribution in [0.25, 0.3) is 11.0 Å². The summed E-state index contributed by atoms with van der Waals surface area (Å²) in [5.41, 5.74) is -0.0276. The average molecular weight is 572 g/mol. The summed E-state index contributed by atoms with van der Waals surface area (Å²) < 4.78 is 3.39. The minimum absolute atomic E-state index is 0.629. The van der Waals surface area contributed by atoms with Crippen molar-refractivity contribution in [1.29, 1.82) is 0 Å². The molecular weight excluding hydrogens is 570 g/mol. The molecule has 0 saturated heterocycles. The number of hydrogen-bond donors (Lipinski definition) is 2. The monoisotopic (exact) mass is 570 g/mol. The maximum atomic E-state index is 11.3. The molecule has 0 atom stereocenters. The molecule has 0 spiro atoms. The van der Waals surface area contributed by atoms with Crippen molar-refractivity contribution in [3.8, 4) is 0 Å². The van der Waals surface area contributed by atoms with Gasteiger partial charge in [-0.1, -0.05) is 0 Å². The Morgan fingerprint density at radius 3 is 1.44 bits per heavy atom. The molecule has 0 aliphatic rings. The van der Waals surface area contributed by atoms with Gasteiger partial charge in [-0.3, -0.25) is 9.59 Å². The third-order valence-electron chi connectivity index (χ3n) is 1.95. The van der Waals surface area contributed by atoms with Gasteiger partial charge >= 0.3 is 11.1 Å². The fraction of sp³-hybridized carbons (Fsp3) is 0. The van der Waals surface area contributed by atoms with E-state index < -0.39 is 11.1 Å². The van der Waals surface area contributed by atoms with E-state index in [4.69, 9.17) is 0 Å². The summed E-state index contributed by atoms with van der Waals surface area (Å²) in [4.78, 5) is 27.7. The van der Waals surface area contributed by atoms with E-state index in [2.05, 4.69) is 87.0 Å². The summed E-state index contributed by atoms with van der Waals surface area (Å²) in [5, 5.41) is 0. The normalized spacial score (nSPS) is 11.0. The van der Waals surface area contributed by atoms with Crippen LogP contribution < -0.4 is 11.1 Å². The van der Waals surface area contributed by atoms with Crippen molar-refractivity contribution in [3.05, 3.63) is 36.8 Å². The summed E-state index contributed by atoms with van der Waals surface area (Å²) in [6, 6.07) is 0. The highest BCUT2D eigenvalue weighted by molar-refractivity contribution is 14.1. The fourth-order valence-corrected chi connectivity index (χ4v) is 4.09. The van der Waals surface area contributed by atoms with Gasteiger partial charge in [0, 0.05) is 8.95 Å². The van der Waals surface area contributed by atoms with Crippen molar-refractivity contribution in [3.63, 3.8) is 0 Å². The maximum absolute atomic E-state index is 11.3. The number of hydrogen-bond acceptors (Lipinski definition) is 2. The van der Waals surface area contributed by atoms with Gasteiger partial charge in [-0.05, 0) is 77.0 Å². The van der Waals surface area contributed by atoms with E-state index in [1.54, 1.807) is 0 Å². The molecule has 4 nitrogen and oxygen atoms in total. The highest BCUT2D eigenvalue weighted by Crippen LogP contribution is 2.36. The van der Waals surface area contributed by atoms with Crippen molar-refractivity contribution < 1.29 is 0 Å². The standard InChI is InChI=1S/C8H2Br2I2N2O2/c9-1-2(10)4(12)6-5(3(1)11)13-7(15)8(16)14-6/h(H,13,15)(H,14,16). The quantitative estimate of drug-likeness (QED) is 0.221. The van der Waals surface area contributed by atoms with Crippen LogP contribution in [0, 0.1) is 7.14 Å². The molecule has 0 radical (unpaired) electrons. The molecule has 0 aliphatic carbocycles. The smallest absolute Gasteiger partial charge is 0.314 e. The van der Waals surface area contributed by atoms with Gasteiger partial charge in [0.05, 0.1) is 18.2 Å². The summed E-state index contributed by atoms with van der Waals surface area (Å²) in [5.74, 6) is 0. The first-order chi connectivity index (χ1) is 7.43. The summed E-state index contributed by atoms with van der Waals surface area (Å²) in [6.45, 7) is 0. The van der Waals surface area contributed by atoms with Crippen LogP contribution in [-0.2, 0) is 0 Å². The maximum Gasteiger partial charge on any atom is 0.314 e. The average Bonchev–Trinajstić information content (AvgIpc) is 2.26. The van der Waals surface area contributed by atoms with Gasteiger partial charge in [0.2, 0.25) is 0 Å². The Labute approximate surface area is 133 Å². The SMILES string of the molecule is O=c1[nH]c2c(I)c(Br)c(Br)c(I)c2[nH]c1=O. The van der Waals surface area contributed by atoms with Gasteiger partial charge in [0.1, 0.15) is 0 Å². The minimum Gasteiger partial charge on any atom is -0.315 e. The number of nitrogens with one attached hydrogen (secondary N) is 2. The molecule has 84 valence electrons. The Hall–Kier alpha value is 0.580. The van der Waals surface area contributed by atoms with Gasteiger partial charge in [-0.15, -0.1) is 0 Å². The molecule has 1 heterocycles. The third-order valence-corrected chi connectivity index (χ3v) is 7.71. The number of rotatable bonds is 0. The van der Waals surface area contributed by atoms with Crippen LogP contribution in [0.15, 0.2) is 18.5 Å². The zero-order chi connectivity index (χ0) is 12.0. The summed E-state index contributed by atoms with van der Waals surface area (Å²) in [7, 11) is 0. The van der Waals surface area contributed by atoms with Crippen LogP contribution in [0.2, 0.25) is 0 Å². The fourth-order valence-electron chi connectivity index (χ4n) is 1.21. The Morgan fingerprint density at radius 2 is 1.12 bits per heavy atom. The Kier molecular flexibility index (Phi) is 3.82. The molecule has 1 aromatic carbocycles. The minimum atomic E-state index is -0.643. The first-order valence-electron chi connectivity index (χ1n) is 3.91. The lowest BCUT2D eigenvalue weighted by atomic mass is 10.3. The zero-order valence-corrected chi connectivity index (χ0v) is 14.8. The molecule has 2 aromatic rings. The van der Waals surface area contributed by atoms with Crippen LogP contribution >= 0.6 is 77.0 Å². The first-order valence-corrected chi connectivity index (χ1v) is 7.66. The number of halogens is 4. The molecule has 2 rings (SSSR count). The Bertz CT molecular complexity index is 647. The van der Waals surface area contributed by atoms with E-state index in [9.17, 15) is 9.59 Å². The van der Waals surface area contributed by atoms with Crippen LogP contribution in [0.5, 0.6) is 0 Å². The molecule has 1 aromatic heterocycles. The predicted molar refractivity (Wildman–Crippen MR) is 86.0 cm³/mol. The van der Waals surface area contributed by atoms with Crippen molar-refractivity contribution >= 4 is 88.1 Å². The molecule has 0 saturated carbocycles. The van der Waals surface area contributed by atoms with E-state index in [0.717, 1.165) is 16.1 Å². The lowest BCUT2D eigenvalue weighted by Gasteiger charge is -2.08. The Morgan fingerprint density at radius 1 is 0.812 bits per heavy atom. The number of aromatic nitrogens is 2. The van der Waals surface area contributed by atoms with Gasteiger partial charge < -0.3 is 9.97 Å². The zero-order valence-electron chi connectivity index (χ0n) is 7.33.